The smallest absolute Gasteiger partial charge is 0.269 e. The molecule has 0 saturated heterocycles. The fourth-order valence-corrected chi connectivity index (χ4v) is 4.25. The third-order valence-electron chi connectivity index (χ3n) is 6.07. The molecule has 1 aliphatic heterocycles. The molecule has 10 nitrogen and oxygen atoms in total. The summed E-state index contributed by atoms with van der Waals surface area (Å²) in [6.45, 7) is 1.70. The number of nitro groups is 1. The van der Waals surface area contributed by atoms with Crippen LogP contribution in [-0.2, 0) is 4.79 Å². The maximum atomic E-state index is 13.5. The number of rotatable bonds is 6. The number of para-hydroxylation sites is 1. The highest BCUT2D eigenvalue weighted by Crippen LogP contribution is 2.38. The molecule has 1 aliphatic rings. The Bertz CT molecular complexity index is 1560. The molecule has 0 fully saturated rings. The van der Waals surface area contributed by atoms with Crippen LogP contribution in [0.25, 0.3) is 0 Å². The van der Waals surface area contributed by atoms with Crippen LogP contribution in [0, 0.1) is 15.9 Å². The topological polar surface area (TPSA) is 131 Å². The summed E-state index contributed by atoms with van der Waals surface area (Å²) in [6.07, 6.45) is 1.37. The number of benzene rings is 3. The largest absolute Gasteiger partial charge is 0.343 e. The lowest BCUT2D eigenvalue weighted by molar-refractivity contribution is -0.384. The van der Waals surface area contributed by atoms with Gasteiger partial charge in [-0.2, -0.15) is 5.10 Å². The second kappa shape index (κ2) is 9.97. The third kappa shape index (κ3) is 4.72. The summed E-state index contributed by atoms with van der Waals surface area (Å²) >= 11 is 0. The Hall–Kier alpha value is -5.32. The number of amides is 2. The second-order valence-electron chi connectivity index (χ2n) is 8.55. The number of nitrogens with one attached hydrogen (secondary N) is 3. The van der Waals surface area contributed by atoms with Crippen molar-refractivity contribution in [1.29, 1.82) is 0 Å². The minimum atomic E-state index is -0.789. The Labute approximate surface area is 215 Å². The normalized spacial score (nSPS) is 14.3. The van der Waals surface area contributed by atoms with E-state index in [0.717, 1.165) is 0 Å². The molecule has 0 aliphatic carbocycles. The van der Waals surface area contributed by atoms with Crippen molar-refractivity contribution in [1.82, 2.24) is 9.78 Å². The van der Waals surface area contributed by atoms with Crippen LogP contribution in [-0.4, -0.2) is 26.5 Å². The molecule has 0 spiro atoms. The van der Waals surface area contributed by atoms with Crippen LogP contribution in [0.15, 0.2) is 96.3 Å². The van der Waals surface area contributed by atoms with Crippen molar-refractivity contribution in [2.24, 2.45) is 0 Å². The molecule has 1 aromatic heterocycles. The molecule has 0 bridgehead atoms. The fraction of sp³-hybridized carbons (Fsp3) is 0.0741. The highest BCUT2D eigenvalue weighted by molar-refractivity contribution is 6.09. The standard InChI is InChI=1S/C27H21FN6O4/c1-16-23(27(36)32-19-5-3-2-4-6-19)24(17-7-13-21(14-8-17)34(37)38)33-25(30-16)22(15-29-33)26(35)31-20-11-9-18(28)10-12-20/h2-15,24,30H,1H3,(H,31,35)(H,32,36)/t24-/m1/s1. The highest BCUT2D eigenvalue weighted by Gasteiger charge is 2.35. The van der Waals surface area contributed by atoms with Gasteiger partial charge in [-0.25, -0.2) is 9.07 Å². The number of non-ortho nitro benzene ring substituents is 1. The number of hydrogen-bond acceptors (Lipinski definition) is 6. The van der Waals surface area contributed by atoms with Gasteiger partial charge in [0.25, 0.3) is 17.5 Å². The number of anilines is 3. The number of fused-ring (bicyclic) bond motifs is 1. The van der Waals surface area contributed by atoms with Gasteiger partial charge in [-0.15, -0.1) is 0 Å². The molecular weight excluding hydrogens is 491 g/mol. The van der Waals surface area contributed by atoms with E-state index in [0.29, 0.717) is 34.0 Å². The highest BCUT2D eigenvalue weighted by atomic mass is 19.1. The van der Waals surface area contributed by atoms with Gasteiger partial charge < -0.3 is 16.0 Å². The van der Waals surface area contributed by atoms with Crippen LogP contribution in [0.3, 0.4) is 0 Å². The zero-order valence-electron chi connectivity index (χ0n) is 20.0. The Morgan fingerprint density at radius 1 is 0.947 bits per heavy atom. The molecule has 4 aromatic rings. The minimum Gasteiger partial charge on any atom is -0.343 e. The van der Waals surface area contributed by atoms with Gasteiger partial charge >= 0.3 is 0 Å². The van der Waals surface area contributed by atoms with E-state index in [2.05, 4.69) is 21.0 Å². The summed E-state index contributed by atoms with van der Waals surface area (Å²) in [5, 5.41) is 24.3. The number of halogens is 1. The van der Waals surface area contributed by atoms with Crippen LogP contribution >= 0.6 is 0 Å². The molecule has 11 heteroatoms. The van der Waals surface area contributed by atoms with Crippen molar-refractivity contribution in [3.05, 3.63) is 123 Å². The van der Waals surface area contributed by atoms with E-state index < -0.39 is 28.6 Å². The predicted octanol–water partition coefficient (Wildman–Crippen LogP) is 5.11. The average molecular weight is 513 g/mol. The van der Waals surface area contributed by atoms with E-state index in [4.69, 9.17) is 0 Å². The first-order valence-corrected chi connectivity index (χ1v) is 11.5. The quantitative estimate of drug-likeness (QED) is 0.243. The van der Waals surface area contributed by atoms with Gasteiger partial charge in [-0.1, -0.05) is 18.2 Å². The lowest BCUT2D eigenvalue weighted by Gasteiger charge is -2.30. The number of hydrogen-bond donors (Lipinski definition) is 3. The third-order valence-corrected chi connectivity index (χ3v) is 6.07. The summed E-state index contributed by atoms with van der Waals surface area (Å²) < 4.78 is 14.8. The number of nitrogens with zero attached hydrogens (tertiary/aromatic N) is 3. The van der Waals surface area contributed by atoms with Crippen LogP contribution in [0.5, 0.6) is 0 Å². The van der Waals surface area contributed by atoms with E-state index in [-0.39, 0.29) is 11.3 Å². The van der Waals surface area contributed by atoms with Crippen LogP contribution < -0.4 is 16.0 Å². The maximum absolute atomic E-state index is 13.5. The molecule has 38 heavy (non-hydrogen) atoms. The molecule has 190 valence electrons. The Morgan fingerprint density at radius 3 is 2.24 bits per heavy atom. The van der Waals surface area contributed by atoms with Crippen LogP contribution in [0.2, 0.25) is 0 Å². The van der Waals surface area contributed by atoms with Gasteiger partial charge in [0, 0.05) is 29.2 Å². The summed E-state index contributed by atoms with van der Waals surface area (Å²) in [7, 11) is 0. The second-order valence-corrected chi connectivity index (χ2v) is 8.55. The van der Waals surface area contributed by atoms with Crippen molar-refractivity contribution < 1.29 is 18.9 Å². The fourth-order valence-electron chi connectivity index (χ4n) is 4.25. The lowest BCUT2D eigenvalue weighted by atomic mass is 9.94. The number of allylic oxidation sites excluding steroid dienone is 1. The van der Waals surface area contributed by atoms with Gasteiger partial charge in [-0.3, -0.25) is 19.7 Å². The molecule has 3 N–H and O–H groups in total. The van der Waals surface area contributed by atoms with E-state index in [1.165, 1.54) is 47.3 Å². The molecule has 3 aromatic carbocycles. The van der Waals surface area contributed by atoms with Gasteiger partial charge in [0.2, 0.25) is 0 Å². The Balaban J connectivity index is 1.54. The van der Waals surface area contributed by atoms with Gasteiger partial charge in [0.15, 0.2) is 0 Å². The maximum Gasteiger partial charge on any atom is 0.269 e. The number of carbonyl (C=O) groups is 2. The van der Waals surface area contributed by atoms with E-state index in [1.807, 2.05) is 6.07 Å². The summed E-state index contributed by atoms with van der Waals surface area (Å²) in [4.78, 5) is 37.3. The van der Waals surface area contributed by atoms with E-state index in [1.54, 1.807) is 43.3 Å². The first kappa shape index (κ1) is 24.4. The molecule has 0 radical (unpaired) electrons. The first-order valence-electron chi connectivity index (χ1n) is 11.5. The summed E-state index contributed by atoms with van der Waals surface area (Å²) in [5.41, 5.74) is 2.45. The summed E-state index contributed by atoms with van der Waals surface area (Å²) in [6, 6.07) is 19.3. The van der Waals surface area contributed by atoms with Crippen molar-refractivity contribution in [2.75, 3.05) is 16.0 Å². The molecule has 0 unspecified atom stereocenters. The van der Waals surface area contributed by atoms with Crippen molar-refractivity contribution >= 4 is 34.7 Å². The first-order chi connectivity index (χ1) is 18.3. The van der Waals surface area contributed by atoms with Gasteiger partial charge in [-0.05, 0) is 61.0 Å². The molecular formula is C27H21FN6O4. The summed E-state index contributed by atoms with van der Waals surface area (Å²) in [5.74, 6) is -0.983. The molecule has 2 amide bonds. The predicted molar refractivity (Wildman–Crippen MR) is 139 cm³/mol. The van der Waals surface area contributed by atoms with Gasteiger partial charge in [0.1, 0.15) is 23.2 Å². The van der Waals surface area contributed by atoms with E-state index in [9.17, 15) is 24.1 Å². The van der Waals surface area contributed by atoms with Crippen LogP contribution in [0.4, 0.5) is 27.3 Å². The lowest BCUT2D eigenvalue weighted by Crippen LogP contribution is -2.32. The Morgan fingerprint density at radius 2 is 1.58 bits per heavy atom. The van der Waals surface area contributed by atoms with Crippen molar-refractivity contribution in [3.63, 3.8) is 0 Å². The van der Waals surface area contributed by atoms with Crippen molar-refractivity contribution in [2.45, 2.75) is 13.0 Å². The van der Waals surface area contributed by atoms with E-state index >= 15 is 0 Å². The SMILES string of the molecule is CC1=C(C(=O)Nc2ccccc2)[C@@H](c2ccc([N+](=O)[O-])cc2)n2ncc(C(=O)Nc3ccc(F)cc3)c2N1. The van der Waals surface area contributed by atoms with Gasteiger partial charge in [0.05, 0.1) is 16.7 Å². The number of nitro benzene ring substituents is 1. The molecule has 2 heterocycles. The number of aromatic nitrogens is 2. The minimum absolute atomic E-state index is 0.0984. The molecule has 5 rings (SSSR count). The molecule has 0 saturated carbocycles. The van der Waals surface area contributed by atoms with Crippen molar-refractivity contribution in [3.8, 4) is 0 Å². The van der Waals surface area contributed by atoms with Crippen LogP contribution in [0.1, 0.15) is 28.9 Å². The average Bonchev–Trinajstić information content (AvgIpc) is 3.33. The monoisotopic (exact) mass is 512 g/mol. The Kier molecular flexibility index (Phi) is 6.40. The zero-order valence-corrected chi connectivity index (χ0v) is 20.0. The molecule has 1 atom stereocenters. The zero-order chi connectivity index (χ0) is 26.8. The number of carbonyl (C=O) groups excluding carboxylic acids is 2.